The predicted octanol–water partition coefficient (Wildman–Crippen LogP) is 5.82. The maximum absolute atomic E-state index is 4.94. The fourth-order valence-electron chi connectivity index (χ4n) is 4.83. The van der Waals surface area contributed by atoms with E-state index in [-0.39, 0.29) is 0 Å². The second-order valence-electron chi connectivity index (χ2n) is 8.21. The Balaban J connectivity index is 1.44. The summed E-state index contributed by atoms with van der Waals surface area (Å²) >= 11 is 0. The van der Waals surface area contributed by atoms with E-state index in [1.165, 1.54) is 54.4 Å². The Hall–Kier alpha value is -2.68. The average molecular weight is 370 g/mol. The third kappa shape index (κ3) is 3.42. The number of fused-ring (bicyclic) bond motifs is 3. The predicted molar refractivity (Wildman–Crippen MR) is 115 cm³/mol. The van der Waals surface area contributed by atoms with E-state index in [9.17, 15) is 0 Å². The molecule has 2 aliphatic carbocycles. The van der Waals surface area contributed by atoms with Gasteiger partial charge >= 0.3 is 0 Å². The maximum atomic E-state index is 4.94. The fraction of sp³-hybridized carbons (Fsp3) is 0.360. The van der Waals surface area contributed by atoms with Gasteiger partial charge in [-0.1, -0.05) is 73.9 Å². The van der Waals surface area contributed by atoms with Crippen LogP contribution in [-0.2, 0) is 6.42 Å². The standard InChI is InChI=1S/C25H27N3/c1-3-9-18(10-4-1)16-26-25-27-17-20-15-23(19-11-5-2-6-12-19)21-13-7-8-14-22(21)24(20)28-25/h2,5-8,11-14,17-18,23H,1,3-4,9-10,15-16H2,(H,26,27,28). The van der Waals surface area contributed by atoms with Gasteiger partial charge in [0.15, 0.2) is 0 Å². The lowest BCUT2D eigenvalue weighted by molar-refractivity contribution is 0.373. The molecule has 0 bridgehead atoms. The molecule has 1 fully saturated rings. The molecule has 1 heterocycles. The van der Waals surface area contributed by atoms with Gasteiger partial charge in [-0.2, -0.15) is 0 Å². The van der Waals surface area contributed by atoms with E-state index in [2.05, 4.69) is 64.9 Å². The minimum Gasteiger partial charge on any atom is -0.354 e. The normalized spacial score (nSPS) is 18.9. The first-order chi connectivity index (χ1) is 13.9. The molecule has 3 heteroatoms. The van der Waals surface area contributed by atoms with Gasteiger partial charge in [-0.15, -0.1) is 0 Å². The van der Waals surface area contributed by atoms with Crippen LogP contribution in [0.1, 0.15) is 54.7 Å². The van der Waals surface area contributed by atoms with Crippen molar-refractivity contribution in [3.8, 4) is 11.3 Å². The minimum absolute atomic E-state index is 0.370. The van der Waals surface area contributed by atoms with Gasteiger partial charge in [0, 0.05) is 24.2 Å². The van der Waals surface area contributed by atoms with Crippen LogP contribution in [0.4, 0.5) is 5.95 Å². The summed E-state index contributed by atoms with van der Waals surface area (Å²) in [6, 6.07) is 19.5. The molecule has 5 rings (SSSR count). The molecule has 28 heavy (non-hydrogen) atoms. The number of aromatic nitrogens is 2. The first-order valence-electron chi connectivity index (χ1n) is 10.6. The van der Waals surface area contributed by atoms with Crippen LogP contribution in [-0.4, -0.2) is 16.5 Å². The highest BCUT2D eigenvalue weighted by Crippen LogP contribution is 2.41. The van der Waals surface area contributed by atoms with Crippen LogP contribution >= 0.6 is 0 Å². The maximum Gasteiger partial charge on any atom is 0.223 e. The molecule has 1 N–H and O–H groups in total. The van der Waals surface area contributed by atoms with Crippen molar-refractivity contribution in [1.82, 2.24) is 9.97 Å². The van der Waals surface area contributed by atoms with Gasteiger partial charge in [0.1, 0.15) is 0 Å². The van der Waals surface area contributed by atoms with E-state index in [1.54, 1.807) is 0 Å². The highest BCUT2D eigenvalue weighted by Gasteiger charge is 2.27. The van der Waals surface area contributed by atoms with Crippen molar-refractivity contribution in [2.24, 2.45) is 5.92 Å². The number of hydrogen-bond donors (Lipinski definition) is 1. The van der Waals surface area contributed by atoms with E-state index in [4.69, 9.17) is 4.98 Å². The van der Waals surface area contributed by atoms with Gasteiger partial charge in [0.2, 0.25) is 5.95 Å². The fourth-order valence-corrected chi connectivity index (χ4v) is 4.83. The largest absolute Gasteiger partial charge is 0.354 e. The Morgan fingerprint density at radius 1 is 0.893 bits per heavy atom. The SMILES string of the molecule is c1ccc(C2Cc3cnc(NCC4CCCCC4)nc3-c3ccccc32)cc1. The molecule has 3 nitrogen and oxygen atoms in total. The highest BCUT2D eigenvalue weighted by molar-refractivity contribution is 5.72. The van der Waals surface area contributed by atoms with Crippen LogP contribution in [0.2, 0.25) is 0 Å². The molecule has 1 saturated carbocycles. The van der Waals surface area contributed by atoms with Gasteiger partial charge < -0.3 is 5.32 Å². The Labute approximate surface area is 167 Å². The van der Waals surface area contributed by atoms with Crippen molar-refractivity contribution < 1.29 is 0 Å². The summed E-state index contributed by atoms with van der Waals surface area (Å²) in [6.07, 6.45) is 9.79. The zero-order valence-corrected chi connectivity index (χ0v) is 16.3. The number of nitrogens with zero attached hydrogens (tertiary/aromatic N) is 2. The molecular formula is C25H27N3. The Kier molecular flexibility index (Phi) is 4.82. The van der Waals surface area contributed by atoms with E-state index < -0.39 is 0 Å². The van der Waals surface area contributed by atoms with Gasteiger partial charge in [-0.25, -0.2) is 9.97 Å². The lowest BCUT2D eigenvalue weighted by atomic mass is 9.78. The molecule has 3 aromatic rings. The molecule has 1 atom stereocenters. The molecule has 0 radical (unpaired) electrons. The zero-order chi connectivity index (χ0) is 18.8. The van der Waals surface area contributed by atoms with Gasteiger partial charge in [0.05, 0.1) is 5.69 Å². The summed E-state index contributed by atoms with van der Waals surface area (Å²) < 4.78 is 0. The van der Waals surface area contributed by atoms with Crippen LogP contribution in [0.25, 0.3) is 11.3 Å². The summed E-state index contributed by atoms with van der Waals surface area (Å²) in [5.74, 6) is 1.91. The zero-order valence-electron chi connectivity index (χ0n) is 16.3. The summed E-state index contributed by atoms with van der Waals surface area (Å²) in [7, 11) is 0. The van der Waals surface area contributed by atoms with Crippen LogP contribution < -0.4 is 5.32 Å². The van der Waals surface area contributed by atoms with Crippen molar-refractivity contribution >= 4 is 5.95 Å². The summed E-state index contributed by atoms with van der Waals surface area (Å²) in [5.41, 5.74) is 6.33. The second kappa shape index (κ2) is 7.75. The van der Waals surface area contributed by atoms with Crippen LogP contribution in [0.5, 0.6) is 0 Å². The van der Waals surface area contributed by atoms with Crippen molar-refractivity contribution in [3.05, 3.63) is 77.5 Å². The molecule has 0 aliphatic heterocycles. The third-order valence-corrected chi connectivity index (χ3v) is 6.36. The quantitative estimate of drug-likeness (QED) is 0.629. The number of anilines is 1. The Morgan fingerprint density at radius 2 is 1.68 bits per heavy atom. The Bertz CT molecular complexity index is 945. The molecule has 1 unspecified atom stereocenters. The van der Waals surface area contributed by atoms with Gasteiger partial charge in [-0.05, 0) is 41.9 Å². The van der Waals surface area contributed by atoms with E-state index in [0.717, 1.165) is 30.5 Å². The molecule has 1 aromatic heterocycles. The second-order valence-corrected chi connectivity index (χ2v) is 8.21. The molecule has 0 spiro atoms. The molecule has 2 aromatic carbocycles. The lowest BCUT2D eigenvalue weighted by Gasteiger charge is -2.28. The van der Waals surface area contributed by atoms with Crippen molar-refractivity contribution in [2.45, 2.75) is 44.4 Å². The monoisotopic (exact) mass is 369 g/mol. The van der Waals surface area contributed by atoms with Gasteiger partial charge in [-0.3, -0.25) is 0 Å². The van der Waals surface area contributed by atoms with Crippen LogP contribution in [0.3, 0.4) is 0 Å². The molecule has 0 amide bonds. The highest BCUT2D eigenvalue weighted by atomic mass is 15.1. The van der Waals surface area contributed by atoms with E-state index in [0.29, 0.717) is 5.92 Å². The number of nitrogens with one attached hydrogen (secondary N) is 1. The van der Waals surface area contributed by atoms with Gasteiger partial charge in [0.25, 0.3) is 0 Å². The number of rotatable bonds is 4. The molecule has 0 saturated heterocycles. The first-order valence-corrected chi connectivity index (χ1v) is 10.6. The third-order valence-electron chi connectivity index (χ3n) is 6.36. The van der Waals surface area contributed by atoms with Crippen LogP contribution in [0.15, 0.2) is 60.8 Å². The van der Waals surface area contributed by atoms with Crippen molar-refractivity contribution in [3.63, 3.8) is 0 Å². The minimum atomic E-state index is 0.370. The van der Waals surface area contributed by atoms with Crippen LogP contribution in [0, 0.1) is 5.92 Å². The molecule has 2 aliphatic rings. The average Bonchev–Trinajstić information content (AvgIpc) is 2.78. The smallest absolute Gasteiger partial charge is 0.223 e. The summed E-state index contributed by atoms with van der Waals surface area (Å²) in [5, 5.41) is 3.52. The molecular weight excluding hydrogens is 342 g/mol. The van der Waals surface area contributed by atoms with Crippen molar-refractivity contribution in [1.29, 1.82) is 0 Å². The summed E-state index contributed by atoms with van der Waals surface area (Å²) in [4.78, 5) is 9.60. The summed E-state index contributed by atoms with van der Waals surface area (Å²) in [6.45, 7) is 0.993. The first kappa shape index (κ1) is 17.4. The van der Waals surface area contributed by atoms with E-state index >= 15 is 0 Å². The van der Waals surface area contributed by atoms with E-state index in [1.807, 2.05) is 6.20 Å². The number of benzene rings is 2. The Morgan fingerprint density at radius 3 is 2.54 bits per heavy atom. The topological polar surface area (TPSA) is 37.8 Å². The molecule has 142 valence electrons. The number of hydrogen-bond acceptors (Lipinski definition) is 3. The van der Waals surface area contributed by atoms with Crippen molar-refractivity contribution in [2.75, 3.05) is 11.9 Å². The lowest BCUT2D eigenvalue weighted by Crippen LogP contribution is -2.19.